The van der Waals surface area contributed by atoms with Gasteiger partial charge in [-0.25, -0.2) is 4.79 Å². The molecular weight excluding hydrogens is 322 g/mol. The van der Waals surface area contributed by atoms with Crippen molar-refractivity contribution in [2.75, 3.05) is 18.8 Å². The topological polar surface area (TPSA) is 63.1 Å². The highest BCUT2D eigenvalue weighted by atomic mass is 32.2. The van der Waals surface area contributed by atoms with Gasteiger partial charge in [0, 0.05) is 30.8 Å². The molecule has 0 bridgehead atoms. The van der Waals surface area contributed by atoms with Gasteiger partial charge in [-0.05, 0) is 31.4 Å². The second-order valence-corrected chi connectivity index (χ2v) is 7.29. The van der Waals surface area contributed by atoms with Gasteiger partial charge in [-0.3, -0.25) is 0 Å². The lowest BCUT2D eigenvalue weighted by molar-refractivity contribution is 0.203. The van der Waals surface area contributed by atoms with Crippen molar-refractivity contribution in [3.8, 4) is 0 Å². The van der Waals surface area contributed by atoms with Crippen molar-refractivity contribution in [1.29, 1.82) is 0 Å². The van der Waals surface area contributed by atoms with E-state index in [0.717, 1.165) is 31.1 Å². The molecule has 1 fully saturated rings. The third kappa shape index (κ3) is 4.08. The van der Waals surface area contributed by atoms with Crippen molar-refractivity contribution in [3.05, 3.63) is 42.5 Å². The number of benzene rings is 1. The summed E-state index contributed by atoms with van der Waals surface area (Å²) in [4.78, 5) is 15.6. The number of hydrogen-bond donors (Lipinski definition) is 1. The van der Waals surface area contributed by atoms with Crippen LogP contribution in [0.5, 0.6) is 0 Å². The molecule has 2 unspecified atom stereocenters. The molecule has 0 aliphatic carbocycles. The van der Waals surface area contributed by atoms with Crippen LogP contribution in [0.4, 0.5) is 4.79 Å². The van der Waals surface area contributed by atoms with Crippen LogP contribution in [-0.4, -0.2) is 44.5 Å². The van der Waals surface area contributed by atoms with Crippen molar-refractivity contribution in [2.45, 2.75) is 24.3 Å². The van der Waals surface area contributed by atoms with Crippen LogP contribution in [0.25, 0.3) is 0 Å². The Kier molecular flexibility index (Phi) is 5.40. The number of nitrogens with one attached hydrogen (secondary N) is 1. The number of nitrogens with zero attached hydrogens (tertiary/aromatic N) is 4. The van der Waals surface area contributed by atoms with Gasteiger partial charge in [-0.2, -0.15) is 0 Å². The van der Waals surface area contributed by atoms with Crippen molar-refractivity contribution in [3.63, 3.8) is 0 Å². The molecule has 0 radical (unpaired) electrons. The number of aromatic nitrogens is 3. The molecule has 1 saturated heterocycles. The SMILES string of the molecule is CC(NC(=O)N1CCC(CSc2ccccc2)C1)c1nncn1C. The third-order valence-electron chi connectivity index (χ3n) is 4.28. The average molecular weight is 345 g/mol. The molecule has 1 aromatic carbocycles. The molecule has 1 N–H and O–H groups in total. The molecule has 2 amide bonds. The quantitative estimate of drug-likeness (QED) is 0.847. The lowest BCUT2D eigenvalue weighted by Crippen LogP contribution is -2.40. The summed E-state index contributed by atoms with van der Waals surface area (Å²) >= 11 is 1.87. The minimum Gasteiger partial charge on any atom is -0.328 e. The molecule has 2 atom stereocenters. The Bertz CT molecular complexity index is 675. The molecule has 1 aliphatic heterocycles. The Balaban J connectivity index is 1.46. The van der Waals surface area contributed by atoms with Crippen molar-refractivity contribution in [1.82, 2.24) is 25.0 Å². The Morgan fingerprint density at radius 1 is 1.42 bits per heavy atom. The van der Waals surface area contributed by atoms with Gasteiger partial charge < -0.3 is 14.8 Å². The van der Waals surface area contributed by atoms with E-state index in [1.165, 1.54) is 4.90 Å². The number of carbonyl (C=O) groups is 1. The third-order valence-corrected chi connectivity index (χ3v) is 5.52. The molecule has 0 spiro atoms. The number of carbonyl (C=O) groups excluding carboxylic acids is 1. The lowest BCUT2D eigenvalue weighted by atomic mass is 10.2. The average Bonchev–Trinajstić information content (AvgIpc) is 3.23. The molecule has 24 heavy (non-hydrogen) atoms. The molecule has 128 valence electrons. The second-order valence-electron chi connectivity index (χ2n) is 6.20. The maximum absolute atomic E-state index is 12.4. The monoisotopic (exact) mass is 345 g/mol. The highest BCUT2D eigenvalue weighted by Crippen LogP contribution is 2.26. The summed E-state index contributed by atoms with van der Waals surface area (Å²) in [6, 6.07) is 10.2. The van der Waals surface area contributed by atoms with Gasteiger partial charge in [-0.1, -0.05) is 18.2 Å². The number of hydrogen-bond acceptors (Lipinski definition) is 4. The van der Waals surface area contributed by atoms with Crippen LogP contribution >= 0.6 is 11.8 Å². The van der Waals surface area contributed by atoms with E-state index in [0.29, 0.717) is 5.92 Å². The first-order valence-electron chi connectivity index (χ1n) is 8.20. The highest BCUT2D eigenvalue weighted by Gasteiger charge is 2.27. The molecular formula is C17H23N5OS. The van der Waals surface area contributed by atoms with E-state index in [9.17, 15) is 4.79 Å². The molecule has 1 aliphatic rings. The predicted octanol–water partition coefficient (Wildman–Crippen LogP) is 2.70. The fourth-order valence-corrected chi connectivity index (χ4v) is 3.96. The summed E-state index contributed by atoms with van der Waals surface area (Å²) in [5, 5.41) is 10.9. The van der Waals surface area contributed by atoms with Crippen LogP contribution in [0.15, 0.2) is 41.6 Å². The summed E-state index contributed by atoms with van der Waals surface area (Å²) in [7, 11) is 1.88. The van der Waals surface area contributed by atoms with Crippen molar-refractivity contribution in [2.24, 2.45) is 13.0 Å². The molecule has 7 heteroatoms. The first-order valence-corrected chi connectivity index (χ1v) is 9.19. The maximum Gasteiger partial charge on any atom is 0.317 e. The fraction of sp³-hybridized carbons (Fsp3) is 0.471. The summed E-state index contributed by atoms with van der Waals surface area (Å²) < 4.78 is 1.83. The lowest BCUT2D eigenvalue weighted by Gasteiger charge is -2.20. The first kappa shape index (κ1) is 16.8. The van der Waals surface area contributed by atoms with E-state index in [1.54, 1.807) is 6.33 Å². The van der Waals surface area contributed by atoms with E-state index in [1.807, 2.05) is 41.3 Å². The zero-order valence-corrected chi connectivity index (χ0v) is 14.9. The van der Waals surface area contributed by atoms with Crippen LogP contribution < -0.4 is 5.32 Å². The van der Waals surface area contributed by atoms with Gasteiger partial charge in [0.15, 0.2) is 5.82 Å². The van der Waals surface area contributed by atoms with E-state index in [-0.39, 0.29) is 12.1 Å². The highest BCUT2D eigenvalue weighted by molar-refractivity contribution is 7.99. The molecule has 3 rings (SSSR count). The summed E-state index contributed by atoms with van der Waals surface area (Å²) in [6.45, 7) is 3.56. The van der Waals surface area contributed by atoms with Crippen LogP contribution in [0.1, 0.15) is 25.2 Å². The first-order chi connectivity index (χ1) is 11.6. The second kappa shape index (κ2) is 7.70. The van der Waals surface area contributed by atoms with Gasteiger partial charge in [0.05, 0.1) is 6.04 Å². The van der Waals surface area contributed by atoms with Gasteiger partial charge >= 0.3 is 6.03 Å². The predicted molar refractivity (Wildman–Crippen MR) is 94.8 cm³/mol. The van der Waals surface area contributed by atoms with Crippen molar-refractivity contribution >= 4 is 17.8 Å². The molecule has 6 nitrogen and oxygen atoms in total. The van der Waals surface area contributed by atoms with Crippen LogP contribution in [0, 0.1) is 5.92 Å². The normalized spacial score (nSPS) is 18.6. The fourth-order valence-electron chi connectivity index (χ4n) is 2.91. The Morgan fingerprint density at radius 2 is 2.21 bits per heavy atom. The van der Waals surface area contributed by atoms with E-state index >= 15 is 0 Å². The summed E-state index contributed by atoms with van der Waals surface area (Å²) in [5.74, 6) is 2.36. The van der Waals surface area contributed by atoms with E-state index in [2.05, 4.69) is 39.8 Å². The minimum absolute atomic E-state index is 0.0160. The van der Waals surface area contributed by atoms with Crippen molar-refractivity contribution < 1.29 is 4.79 Å². The Labute approximate surface area is 146 Å². The van der Waals surface area contributed by atoms with Crippen LogP contribution in [-0.2, 0) is 7.05 Å². The smallest absolute Gasteiger partial charge is 0.317 e. The number of amides is 2. The molecule has 2 heterocycles. The van der Waals surface area contributed by atoms with Gasteiger partial charge in [-0.15, -0.1) is 22.0 Å². The van der Waals surface area contributed by atoms with Gasteiger partial charge in [0.25, 0.3) is 0 Å². The number of thioether (sulfide) groups is 1. The van der Waals surface area contributed by atoms with E-state index < -0.39 is 0 Å². The standard InChI is InChI=1S/C17H23N5OS/c1-13(16-20-18-12-21(16)2)19-17(23)22-9-8-14(10-22)11-24-15-6-4-3-5-7-15/h3-7,12-14H,8-11H2,1-2H3,(H,19,23). The maximum atomic E-state index is 12.4. The Morgan fingerprint density at radius 3 is 2.92 bits per heavy atom. The van der Waals surface area contributed by atoms with Gasteiger partial charge in [0.2, 0.25) is 0 Å². The number of likely N-dealkylation sites (tertiary alicyclic amines) is 1. The zero-order chi connectivity index (χ0) is 16.9. The van der Waals surface area contributed by atoms with Gasteiger partial charge in [0.1, 0.15) is 6.33 Å². The largest absolute Gasteiger partial charge is 0.328 e. The summed E-state index contributed by atoms with van der Waals surface area (Å²) in [6.07, 6.45) is 2.70. The zero-order valence-electron chi connectivity index (χ0n) is 14.1. The minimum atomic E-state index is -0.150. The number of aryl methyl sites for hydroxylation is 1. The summed E-state index contributed by atoms with van der Waals surface area (Å²) in [5.41, 5.74) is 0. The molecule has 2 aromatic rings. The molecule has 0 saturated carbocycles. The van der Waals surface area contributed by atoms with Crippen LogP contribution in [0.2, 0.25) is 0 Å². The van der Waals surface area contributed by atoms with E-state index in [4.69, 9.17) is 0 Å². The number of rotatable bonds is 5. The molecule has 1 aromatic heterocycles. The number of urea groups is 1. The Hall–Kier alpha value is -2.02. The van der Waals surface area contributed by atoms with Crippen LogP contribution in [0.3, 0.4) is 0 Å².